The number of alkyl halides is 2. The van der Waals surface area contributed by atoms with E-state index in [0.717, 1.165) is 0 Å². The third kappa shape index (κ3) is 1.59. The maximum Gasteiger partial charge on any atom is 0.315 e. The van der Waals surface area contributed by atoms with E-state index in [0.29, 0.717) is 5.69 Å². The van der Waals surface area contributed by atoms with Crippen LogP contribution in [0.25, 0.3) is 11.5 Å². The number of aromatic nitrogens is 3. The Morgan fingerprint density at radius 1 is 1.29 bits per heavy atom. The fourth-order valence-corrected chi connectivity index (χ4v) is 0.923. The van der Waals surface area contributed by atoms with E-state index in [1.54, 1.807) is 18.2 Å². The summed E-state index contributed by atoms with van der Waals surface area (Å²) in [7, 11) is 0. The molecule has 0 saturated heterocycles. The third-order valence-corrected chi connectivity index (χ3v) is 1.52. The van der Waals surface area contributed by atoms with Crippen molar-refractivity contribution in [3.05, 3.63) is 30.3 Å². The van der Waals surface area contributed by atoms with Gasteiger partial charge in [-0.25, -0.2) is 0 Å². The topological polar surface area (TPSA) is 51.8 Å². The van der Waals surface area contributed by atoms with E-state index in [-0.39, 0.29) is 5.82 Å². The summed E-state index contributed by atoms with van der Waals surface area (Å²) in [6.45, 7) is 0. The Bertz CT molecular complexity index is 416. The Kier molecular flexibility index (Phi) is 2.18. The van der Waals surface area contributed by atoms with Crippen LogP contribution in [0, 0.1) is 0 Å². The summed E-state index contributed by atoms with van der Waals surface area (Å²) < 4.78 is 28.5. The molecule has 14 heavy (non-hydrogen) atoms. The van der Waals surface area contributed by atoms with Gasteiger partial charge in [-0.1, -0.05) is 11.2 Å². The number of pyridine rings is 1. The highest BCUT2D eigenvalue weighted by Gasteiger charge is 2.17. The van der Waals surface area contributed by atoms with Gasteiger partial charge in [0.15, 0.2) is 0 Å². The quantitative estimate of drug-likeness (QED) is 0.739. The molecule has 2 aromatic rings. The molecule has 0 spiro atoms. The first-order valence-electron chi connectivity index (χ1n) is 3.80. The Hall–Kier alpha value is -1.85. The Labute approximate surface area is 77.6 Å². The number of rotatable bonds is 2. The first-order chi connectivity index (χ1) is 6.77. The van der Waals surface area contributed by atoms with Crippen LogP contribution < -0.4 is 0 Å². The molecular weight excluding hydrogens is 192 g/mol. The van der Waals surface area contributed by atoms with E-state index in [4.69, 9.17) is 0 Å². The maximum atomic E-state index is 12.1. The molecule has 2 rings (SSSR count). The van der Waals surface area contributed by atoms with Gasteiger partial charge in [0.05, 0.1) is 0 Å². The van der Waals surface area contributed by atoms with Crippen LogP contribution in [0.1, 0.15) is 12.3 Å². The Morgan fingerprint density at radius 3 is 2.71 bits per heavy atom. The first kappa shape index (κ1) is 8.74. The van der Waals surface area contributed by atoms with Crippen LogP contribution in [0.2, 0.25) is 0 Å². The largest absolute Gasteiger partial charge is 0.333 e. The zero-order valence-electron chi connectivity index (χ0n) is 6.89. The van der Waals surface area contributed by atoms with Crippen molar-refractivity contribution in [2.45, 2.75) is 6.43 Å². The Morgan fingerprint density at radius 2 is 2.14 bits per heavy atom. The fourth-order valence-electron chi connectivity index (χ4n) is 0.923. The van der Waals surface area contributed by atoms with Crippen molar-refractivity contribution in [3.63, 3.8) is 0 Å². The predicted molar refractivity (Wildman–Crippen MR) is 42.5 cm³/mol. The van der Waals surface area contributed by atoms with Crippen LogP contribution in [0.5, 0.6) is 0 Å². The monoisotopic (exact) mass is 197 g/mol. The second-order valence-corrected chi connectivity index (χ2v) is 2.47. The SMILES string of the molecule is FC(F)c1nc(-c2ccccn2)no1. The van der Waals surface area contributed by atoms with E-state index in [1.165, 1.54) is 6.20 Å². The lowest BCUT2D eigenvalue weighted by molar-refractivity contribution is 0.106. The van der Waals surface area contributed by atoms with Crippen molar-refractivity contribution in [1.82, 2.24) is 15.1 Å². The van der Waals surface area contributed by atoms with Gasteiger partial charge in [-0.2, -0.15) is 13.8 Å². The number of hydrogen-bond acceptors (Lipinski definition) is 4. The normalized spacial score (nSPS) is 10.8. The lowest BCUT2D eigenvalue weighted by Gasteiger charge is -1.89. The molecule has 6 heteroatoms. The van der Waals surface area contributed by atoms with Crippen molar-refractivity contribution in [3.8, 4) is 11.5 Å². The van der Waals surface area contributed by atoms with Crippen molar-refractivity contribution >= 4 is 0 Å². The highest BCUT2D eigenvalue weighted by molar-refractivity contribution is 5.46. The van der Waals surface area contributed by atoms with Crippen molar-refractivity contribution < 1.29 is 13.3 Å². The molecule has 72 valence electrons. The molecule has 0 amide bonds. The van der Waals surface area contributed by atoms with E-state index in [9.17, 15) is 8.78 Å². The molecule has 0 aliphatic rings. The van der Waals surface area contributed by atoms with Gasteiger partial charge in [-0.15, -0.1) is 0 Å². The van der Waals surface area contributed by atoms with Gasteiger partial charge < -0.3 is 4.52 Å². The Balaban J connectivity index is 2.34. The van der Waals surface area contributed by atoms with Gasteiger partial charge in [0, 0.05) is 6.20 Å². The fraction of sp³-hybridized carbons (Fsp3) is 0.125. The van der Waals surface area contributed by atoms with E-state index >= 15 is 0 Å². The molecule has 0 N–H and O–H groups in total. The van der Waals surface area contributed by atoms with E-state index < -0.39 is 12.3 Å². The minimum absolute atomic E-state index is 0.0703. The zero-order valence-corrected chi connectivity index (χ0v) is 6.89. The average Bonchev–Trinajstić information content (AvgIpc) is 2.68. The second kappa shape index (κ2) is 3.49. The number of hydrogen-bond donors (Lipinski definition) is 0. The highest BCUT2D eigenvalue weighted by Crippen LogP contribution is 2.19. The standard InChI is InChI=1S/C8H5F2N3O/c9-6(10)8-12-7(13-14-8)5-3-1-2-4-11-5/h1-4,6H. The molecule has 0 fully saturated rings. The molecular formula is C8H5F2N3O. The molecule has 0 saturated carbocycles. The molecule has 2 aromatic heterocycles. The van der Waals surface area contributed by atoms with Crippen LogP contribution >= 0.6 is 0 Å². The summed E-state index contributed by atoms with van der Waals surface area (Å²) in [5, 5.41) is 3.38. The van der Waals surface area contributed by atoms with E-state index in [2.05, 4.69) is 19.6 Å². The summed E-state index contributed by atoms with van der Waals surface area (Å²) in [5.74, 6) is -0.619. The lowest BCUT2D eigenvalue weighted by Crippen LogP contribution is -1.86. The van der Waals surface area contributed by atoms with Crippen molar-refractivity contribution in [1.29, 1.82) is 0 Å². The van der Waals surface area contributed by atoms with Crippen LogP contribution in [-0.2, 0) is 0 Å². The zero-order chi connectivity index (χ0) is 9.97. The van der Waals surface area contributed by atoms with Crippen molar-refractivity contribution in [2.24, 2.45) is 0 Å². The van der Waals surface area contributed by atoms with Gasteiger partial charge in [-0.3, -0.25) is 4.98 Å². The lowest BCUT2D eigenvalue weighted by atomic mass is 10.3. The third-order valence-electron chi connectivity index (χ3n) is 1.52. The average molecular weight is 197 g/mol. The van der Waals surface area contributed by atoms with Crippen molar-refractivity contribution in [2.75, 3.05) is 0 Å². The molecule has 0 radical (unpaired) electrons. The minimum Gasteiger partial charge on any atom is -0.333 e. The van der Waals surface area contributed by atoms with Gasteiger partial charge in [-0.05, 0) is 12.1 Å². The molecule has 0 bridgehead atoms. The van der Waals surface area contributed by atoms with Crippen LogP contribution in [-0.4, -0.2) is 15.1 Å². The highest BCUT2D eigenvalue weighted by atomic mass is 19.3. The summed E-state index contributed by atoms with van der Waals surface area (Å²) in [6, 6.07) is 5.03. The molecule has 4 nitrogen and oxygen atoms in total. The molecule has 0 atom stereocenters. The van der Waals surface area contributed by atoms with Crippen LogP contribution in [0.4, 0.5) is 8.78 Å². The summed E-state index contributed by atoms with van der Waals surface area (Å²) in [4.78, 5) is 7.38. The summed E-state index contributed by atoms with van der Waals surface area (Å²) in [6.07, 6.45) is -1.23. The first-order valence-corrected chi connectivity index (χ1v) is 3.80. The number of nitrogens with zero attached hydrogens (tertiary/aromatic N) is 3. The van der Waals surface area contributed by atoms with Crippen LogP contribution in [0.15, 0.2) is 28.9 Å². The van der Waals surface area contributed by atoms with Gasteiger partial charge in [0.1, 0.15) is 5.69 Å². The second-order valence-electron chi connectivity index (χ2n) is 2.47. The molecule has 0 aromatic carbocycles. The summed E-state index contributed by atoms with van der Waals surface area (Å²) in [5.41, 5.74) is 0.406. The van der Waals surface area contributed by atoms with Gasteiger partial charge >= 0.3 is 6.43 Å². The minimum atomic E-state index is -2.75. The van der Waals surface area contributed by atoms with Gasteiger partial charge in [0.25, 0.3) is 5.89 Å². The number of halogens is 2. The van der Waals surface area contributed by atoms with E-state index in [1.807, 2.05) is 0 Å². The smallest absolute Gasteiger partial charge is 0.315 e. The van der Waals surface area contributed by atoms with Crippen LogP contribution in [0.3, 0.4) is 0 Å². The molecule has 0 aliphatic carbocycles. The molecule has 0 aliphatic heterocycles. The van der Waals surface area contributed by atoms with Gasteiger partial charge in [0.2, 0.25) is 5.82 Å². The maximum absolute atomic E-state index is 12.1. The molecule has 2 heterocycles. The summed E-state index contributed by atoms with van der Waals surface area (Å²) >= 11 is 0. The molecule has 0 unspecified atom stereocenters. The predicted octanol–water partition coefficient (Wildman–Crippen LogP) is 2.07.